The third-order valence-electron chi connectivity index (χ3n) is 2.27. The summed E-state index contributed by atoms with van der Waals surface area (Å²) >= 11 is 0. The van der Waals surface area contributed by atoms with E-state index in [4.69, 9.17) is 39.1 Å². The fraction of sp³-hybridized carbons (Fsp3) is 1.00. The van der Waals surface area contributed by atoms with E-state index in [2.05, 4.69) is 0 Å². The Kier molecular flexibility index (Phi) is 12.5. The Hall–Kier alpha value is 1.52. The summed E-state index contributed by atoms with van der Waals surface area (Å²) in [6, 6.07) is 0. The third-order valence-corrected chi connectivity index (χ3v) is 5.34. The molecule has 0 spiro atoms. The minimum absolute atomic E-state index is 0. The Morgan fingerprint density at radius 2 is 0.640 bits per heavy atom. The van der Waals surface area contributed by atoms with Gasteiger partial charge in [-0.3, -0.25) is 28.1 Å². The van der Waals surface area contributed by atoms with Crippen LogP contribution in [0, 0.1) is 0 Å². The molecule has 0 aromatic rings. The molecule has 0 atom stereocenters. The molecular formula is C6H21N2NaO12P4. The van der Waals surface area contributed by atoms with Gasteiger partial charge in [0.1, 0.15) is 25.1 Å². The molecular weight excluding hydrogens is 439 g/mol. The summed E-state index contributed by atoms with van der Waals surface area (Å²) < 4.78 is 43.9. The first-order chi connectivity index (χ1) is 10.4. The van der Waals surface area contributed by atoms with Crippen LogP contribution in [0.2, 0.25) is 0 Å². The predicted molar refractivity (Wildman–Crippen MR) is 88.2 cm³/mol. The molecule has 0 unspecified atom stereocenters. The second kappa shape index (κ2) is 10.9. The number of hydrogen-bond acceptors (Lipinski definition) is 6. The van der Waals surface area contributed by atoms with Crippen molar-refractivity contribution >= 4 is 59.9 Å². The number of hydrogen-bond donors (Lipinski definition) is 8. The van der Waals surface area contributed by atoms with Crippen molar-refractivity contribution in [1.82, 2.24) is 9.80 Å². The van der Waals surface area contributed by atoms with Crippen LogP contribution in [-0.2, 0) is 18.3 Å². The summed E-state index contributed by atoms with van der Waals surface area (Å²) in [4.78, 5) is 72.3. The topological polar surface area (TPSA) is 237 Å². The van der Waals surface area contributed by atoms with Crippen molar-refractivity contribution in [3.05, 3.63) is 0 Å². The quantitative estimate of drug-likeness (QED) is 0.117. The van der Waals surface area contributed by atoms with Gasteiger partial charge < -0.3 is 39.1 Å². The third kappa shape index (κ3) is 20.1. The van der Waals surface area contributed by atoms with Crippen molar-refractivity contribution in [2.75, 3.05) is 38.2 Å². The van der Waals surface area contributed by atoms with E-state index in [9.17, 15) is 18.3 Å². The monoisotopic (exact) mass is 460 g/mol. The molecule has 0 aliphatic carbocycles. The van der Waals surface area contributed by atoms with E-state index in [1.165, 1.54) is 0 Å². The zero-order valence-electron chi connectivity index (χ0n) is 12.1. The number of nitrogens with zero attached hydrogens (tertiary/aromatic N) is 2. The van der Waals surface area contributed by atoms with Gasteiger partial charge in [0, 0.05) is 13.1 Å². The molecule has 0 aliphatic heterocycles. The molecule has 0 aliphatic rings. The average molecular weight is 460 g/mol. The molecule has 0 aromatic carbocycles. The molecule has 19 heteroatoms. The Balaban J connectivity index is 0. The zero-order chi connectivity index (χ0) is 19.4. The molecule has 8 N–H and O–H groups in total. The van der Waals surface area contributed by atoms with Crippen LogP contribution < -0.4 is 0 Å². The molecule has 0 saturated carbocycles. The van der Waals surface area contributed by atoms with E-state index < -0.39 is 68.6 Å². The molecule has 0 rings (SSSR count). The zero-order valence-corrected chi connectivity index (χ0v) is 15.7. The maximum atomic E-state index is 11.0. The van der Waals surface area contributed by atoms with Crippen LogP contribution in [0.15, 0.2) is 0 Å². The second-order valence-corrected chi connectivity index (χ2v) is 11.5. The van der Waals surface area contributed by atoms with E-state index in [1.807, 2.05) is 0 Å². The molecule has 0 bridgehead atoms. The molecule has 148 valence electrons. The van der Waals surface area contributed by atoms with Gasteiger partial charge >= 0.3 is 59.9 Å². The average Bonchev–Trinajstić information content (AvgIpc) is 2.16. The van der Waals surface area contributed by atoms with Crippen LogP contribution in [-0.4, -0.2) is 117 Å². The normalized spacial score (nSPS) is 14.0. The van der Waals surface area contributed by atoms with Crippen molar-refractivity contribution in [2.24, 2.45) is 0 Å². The fourth-order valence-electron chi connectivity index (χ4n) is 1.70. The fourth-order valence-corrected chi connectivity index (χ4v) is 5.06. The van der Waals surface area contributed by atoms with Gasteiger partial charge in [0.2, 0.25) is 0 Å². The Labute approximate surface area is 165 Å². The minimum atomic E-state index is -4.69. The van der Waals surface area contributed by atoms with E-state index in [-0.39, 0.29) is 29.6 Å². The maximum absolute atomic E-state index is 11.0. The molecule has 25 heavy (non-hydrogen) atoms. The Bertz CT molecular complexity index is 492. The van der Waals surface area contributed by atoms with Gasteiger partial charge in [0.05, 0.1) is 0 Å². The van der Waals surface area contributed by atoms with Gasteiger partial charge in [-0.25, -0.2) is 0 Å². The van der Waals surface area contributed by atoms with Crippen LogP contribution in [0.5, 0.6) is 0 Å². The summed E-state index contributed by atoms with van der Waals surface area (Å²) in [6.45, 7) is -1.01. The van der Waals surface area contributed by atoms with Crippen LogP contribution in [0.3, 0.4) is 0 Å². The van der Waals surface area contributed by atoms with Gasteiger partial charge in [-0.1, -0.05) is 0 Å². The molecule has 0 saturated heterocycles. The van der Waals surface area contributed by atoms with Gasteiger partial charge in [-0.05, 0) is 0 Å². The first-order valence-electron chi connectivity index (χ1n) is 5.99. The van der Waals surface area contributed by atoms with Crippen LogP contribution in [0.1, 0.15) is 0 Å². The summed E-state index contributed by atoms with van der Waals surface area (Å²) in [5, 5.41) is 0. The van der Waals surface area contributed by atoms with Crippen molar-refractivity contribution in [3.63, 3.8) is 0 Å². The van der Waals surface area contributed by atoms with E-state index >= 15 is 0 Å². The Morgan fingerprint density at radius 1 is 0.480 bits per heavy atom. The van der Waals surface area contributed by atoms with E-state index in [0.29, 0.717) is 9.80 Å². The first kappa shape index (κ1) is 28.7. The van der Waals surface area contributed by atoms with Crippen LogP contribution in [0.25, 0.3) is 0 Å². The molecule has 0 fully saturated rings. The van der Waals surface area contributed by atoms with Gasteiger partial charge in [-0.15, -0.1) is 0 Å². The first-order valence-corrected chi connectivity index (χ1v) is 13.2. The van der Waals surface area contributed by atoms with Crippen molar-refractivity contribution < 1.29 is 57.4 Å². The van der Waals surface area contributed by atoms with Gasteiger partial charge in [-0.2, -0.15) is 0 Å². The van der Waals surface area contributed by atoms with Gasteiger partial charge in [0.25, 0.3) is 0 Å². The van der Waals surface area contributed by atoms with Gasteiger partial charge in [0.15, 0.2) is 0 Å². The molecule has 0 aromatic heterocycles. The molecule has 0 heterocycles. The van der Waals surface area contributed by atoms with Crippen LogP contribution in [0.4, 0.5) is 0 Å². The molecule has 14 nitrogen and oxygen atoms in total. The van der Waals surface area contributed by atoms with Crippen molar-refractivity contribution in [2.45, 2.75) is 0 Å². The summed E-state index contributed by atoms with van der Waals surface area (Å²) in [5.74, 6) is 0. The summed E-state index contributed by atoms with van der Waals surface area (Å²) in [6.07, 6.45) is -4.18. The van der Waals surface area contributed by atoms with Crippen molar-refractivity contribution in [3.8, 4) is 0 Å². The summed E-state index contributed by atoms with van der Waals surface area (Å²) in [5.41, 5.74) is 0. The Morgan fingerprint density at radius 3 is 0.760 bits per heavy atom. The SMILES string of the molecule is O=P(O)(O)CN(CCN(CP(=O)(O)O)CP(=O)(O)O)CP(=O)(O)O.[NaH]. The van der Waals surface area contributed by atoms with Crippen LogP contribution >= 0.6 is 30.4 Å². The van der Waals surface area contributed by atoms with Crippen molar-refractivity contribution in [1.29, 1.82) is 0 Å². The standard InChI is InChI=1S/C6H20N2O12P4.Na.H/c9-21(10,11)3-7(4-22(12,13)14)1-2-8(5-23(15,16)17)6-24(18,19)20;;/h1-6H2,(H2,9,10,11)(H2,12,13,14)(H2,15,16,17)(H2,18,19,20);;. The predicted octanol–water partition coefficient (Wildman–Crippen LogP) is -2.52. The van der Waals surface area contributed by atoms with E-state index in [1.54, 1.807) is 0 Å². The molecule has 0 amide bonds. The summed E-state index contributed by atoms with van der Waals surface area (Å²) in [7, 11) is -18.8. The van der Waals surface area contributed by atoms with E-state index in [0.717, 1.165) is 0 Å². The second-order valence-electron chi connectivity index (χ2n) is 5.01. The number of rotatable bonds is 11. The molecule has 0 radical (unpaired) electrons.